The van der Waals surface area contributed by atoms with Crippen LogP contribution >= 0.6 is 0 Å². The molecule has 3 atom stereocenters. The molecule has 0 aliphatic carbocycles. The highest BCUT2D eigenvalue weighted by Crippen LogP contribution is 2.21. The van der Waals surface area contributed by atoms with Crippen molar-refractivity contribution in [3.8, 4) is 0 Å². The van der Waals surface area contributed by atoms with Crippen LogP contribution in [0.5, 0.6) is 0 Å². The SMILES string of the molecule is COC1CN(CCC(O)c2cccc(C)c2)CC1OC. The summed E-state index contributed by atoms with van der Waals surface area (Å²) in [5, 5.41) is 10.3. The molecule has 0 spiro atoms. The molecule has 1 N–H and O–H groups in total. The predicted molar refractivity (Wildman–Crippen MR) is 78.8 cm³/mol. The van der Waals surface area contributed by atoms with Crippen molar-refractivity contribution < 1.29 is 14.6 Å². The van der Waals surface area contributed by atoms with Crippen molar-refractivity contribution in [3.63, 3.8) is 0 Å². The van der Waals surface area contributed by atoms with E-state index in [9.17, 15) is 5.11 Å². The molecular formula is C16H25NO3. The van der Waals surface area contributed by atoms with E-state index in [4.69, 9.17) is 9.47 Å². The number of methoxy groups -OCH3 is 2. The predicted octanol–water partition coefficient (Wildman–Crippen LogP) is 1.76. The third-order valence-electron chi connectivity index (χ3n) is 4.04. The Morgan fingerprint density at radius 2 is 1.90 bits per heavy atom. The number of aliphatic hydroxyl groups excluding tert-OH is 1. The van der Waals surface area contributed by atoms with E-state index in [1.165, 1.54) is 5.56 Å². The van der Waals surface area contributed by atoms with Crippen molar-refractivity contribution in [1.82, 2.24) is 4.90 Å². The molecule has 1 fully saturated rings. The minimum Gasteiger partial charge on any atom is -0.388 e. The highest BCUT2D eigenvalue weighted by atomic mass is 16.5. The van der Waals surface area contributed by atoms with E-state index in [1.807, 2.05) is 31.2 Å². The Balaban J connectivity index is 1.84. The normalized spacial score (nSPS) is 25.0. The van der Waals surface area contributed by atoms with E-state index in [-0.39, 0.29) is 12.2 Å². The van der Waals surface area contributed by atoms with Gasteiger partial charge in [-0.2, -0.15) is 0 Å². The van der Waals surface area contributed by atoms with Gasteiger partial charge in [-0.05, 0) is 18.9 Å². The van der Waals surface area contributed by atoms with Gasteiger partial charge in [-0.15, -0.1) is 0 Å². The molecule has 0 amide bonds. The fourth-order valence-corrected chi connectivity index (χ4v) is 2.80. The quantitative estimate of drug-likeness (QED) is 0.861. The molecule has 1 aromatic carbocycles. The van der Waals surface area contributed by atoms with Crippen molar-refractivity contribution in [2.24, 2.45) is 0 Å². The molecule has 0 radical (unpaired) electrons. The maximum absolute atomic E-state index is 10.3. The van der Waals surface area contributed by atoms with E-state index in [2.05, 4.69) is 4.90 Å². The summed E-state index contributed by atoms with van der Waals surface area (Å²) in [4.78, 5) is 2.29. The zero-order chi connectivity index (χ0) is 14.5. The number of hydrogen-bond donors (Lipinski definition) is 1. The first-order chi connectivity index (χ1) is 9.63. The lowest BCUT2D eigenvalue weighted by Gasteiger charge is -2.18. The fourth-order valence-electron chi connectivity index (χ4n) is 2.80. The van der Waals surface area contributed by atoms with Gasteiger partial charge in [-0.25, -0.2) is 0 Å². The lowest BCUT2D eigenvalue weighted by Crippen LogP contribution is -2.27. The first-order valence-electron chi connectivity index (χ1n) is 7.16. The number of benzene rings is 1. The van der Waals surface area contributed by atoms with Crippen LogP contribution in [0.4, 0.5) is 0 Å². The number of aliphatic hydroxyl groups is 1. The lowest BCUT2D eigenvalue weighted by atomic mass is 10.0. The summed E-state index contributed by atoms with van der Waals surface area (Å²) in [6, 6.07) is 8.07. The summed E-state index contributed by atoms with van der Waals surface area (Å²) < 4.78 is 10.8. The second-order valence-electron chi connectivity index (χ2n) is 5.53. The first kappa shape index (κ1) is 15.4. The minimum atomic E-state index is -0.405. The van der Waals surface area contributed by atoms with Gasteiger partial charge in [0.05, 0.1) is 18.3 Å². The molecule has 20 heavy (non-hydrogen) atoms. The molecule has 4 nitrogen and oxygen atoms in total. The van der Waals surface area contributed by atoms with Gasteiger partial charge in [0.1, 0.15) is 0 Å². The molecule has 0 aromatic heterocycles. The van der Waals surface area contributed by atoms with Crippen molar-refractivity contribution in [1.29, 1.82) is 0 Å². The van der Waals surface area contributed by atoms with E-state index in [0.29, 0.717) is 0 Å². The van der Waals surface area contributed by atoms with E-state index >= 15 is 0 Å². The van der Waals surface area contributed by atoms with Gasteiger partial charge in [0, 0.05) is 33.9 Å². The third-order valence-corrected chi connectivity index (χ3v) is 4.04. The van der Waals surface area contributed by atoms with Crippen LogP contribution in [-0.2, 0) is 9.47 Å². The standard InChI is InChI=1S/C16H25NO3/c1-12-5-4-6-13(9-12)14(18)7-8-17-10-15(19-2)16(11-17)20-3/h4-6,9,14-16,18H,7-8,10-11H2,1-3H3. The van der Waals surface area contributed by atoms with Crippen molar-refractivity contribution >= 4 is 0 Å². The minimum absolute atomic E-state index is 0.135. The molecule has 1 aliphatic rings. The molecule has 0 saturated carbocycles. The second-order valence-corrected chi connectivity index (χ2v) is 5.53. The maximum Gasteiger partial charge on any atom is 0.0971 e. The monoisotopic (exact) mass is 279 g/mol. The average Bonchev–Trinajstić information content (AvgIpc) is 2.87. The largest absolute Gasteiger partial charge is 0.388 e. The fraction of sp³-hybridized carbons (Fsp3) is 0.625. The average molecular weight is 279 g/mol. The summed E-state index contributed by atoms with van der Waals surface area (Å²) >= 11 is 0. The number of likely N-dealkylation sites (tertiary alicyclic amines) is 1. The van der Waals surface area contributed by atoms with Crippen LogP contribution in [-0.4, -0.2) is 56.1 Å². The molecule has 4 heteroatoms. The molecular weight excluding hydrogens is 254 g/mol. The number of ether oxygens (including phenoxy) is 2. The summed E-state index contributed by atoms with van der Waals surface area (Å²) in [5.74, 6) is 0. The Morgan fingerprint density at radius 1 is 1.25 bits per heavy atom. The van der Waals surface area contributed by atoms with Gasteiger partial charge in [0.15, 0.2) is 0 Å². The number of hydrogen-bond acceptors (Lipinski definition) is 4. The van der Waals surface area contributed by atoms with Gasteiger partial charge >= 0.3 is 0 Å². The molecule has 112 valence electrons. The summed E-state index contributed by atoms with van der Waals surface area (Å²) in [6.45, 7) is 4.64. The van der Waals surface area contributed by atoms with Crippen LogP contribution in [0.2, 0.25) is 0 Å². The second kappa shape index (κ2) is 7.18. The van der Waals surface area contributed by atoms with Gasteiger partial charge in [0.2, 0.25) is 0 Å². The Labute approximate surface area is 121 Å². The van der Waals surface area contributed by atoms with Crippen molar-refractivity contribution in [3.05, 3.63) is 35.4 Å². The topological polar surface area (TPSA) is 41.9 Å². The molecule has 1 aromatic rings. The third kappa shape index (κ3) is 3.79. The lowest BCUT2D eigenvalue weighted by molar-refractivity contribution is -0.00461. The highest BCUT2D eigenvalue weighted by molar-refractivity contribution is 5.23. The summed E-state index contributed by atoms with van der Waals surface area (Å²) in [6.07, 6.45) is 0.598. The summed E-state index contributed by atoms with van der Waals surface area (Å²) in [7, 11) is 3.45. The van der Waals surface area contributed by atoms with Gasteiger partial charge in [0.25, 0.3) is 0 Å². The Morgan fingerprint density at radius 3 is 2.45 bits per heavy atom. The number of aryl methyl sites for hydroxylation is 1. The Bertz CT molecular complexity index is 412. The number of nitrogens with zero attached hydrogens (tertiary/aromatic N) is 1. The van der Waals surface area contributed by atoms with Gasteiger partial charge in [-0.1, -0.05) is 29.8 Å². The molecule has 0 bridgehead atoms. The van der Waals surface area contributed by atoms with E-state index < -0.39 is 6.10 Å². The van der Waals surface area contributed by atoms with Crippen LogP contribution in [0.15, 0.2) is 24.3 Å². The van der Waals surface area contributed by atoms with Crippen molar-refractivity contribution in [2.45, 2.75) is 31.7 Å². The molecule has 1 aliphatic heterocycles. The highest BCUT2D eigenvalue weighted by Gasteiger charge is 2.32. The molecule has 1 heterocycles. The molecule has 2 rings (SSSR count). The smallest absolute Gasteiger partial charge is 0.0971 e. The maximum atomic E-state index is 10.3. The van der Waals surface area contributed by atoms with Gasteiger partial charge < -0.3 is 14.6 Å². The number of rotatable bonds is 6. The molecule has 3 unspecified atom stereocenters. The van der Waals surface area contributed by atoms with Crippen LogP contribution in [0.1, 0.15) is 23.7 Å². The van der Waals surface area contributed by atoms with Crippen LogP contribution in [0.25, 0.3) is 0 Å². The summed E-state index contributed by atoms with van der Waals surface area (Å²) in [5.41, 5.74) is 2.18. The van der Waals surface area contributed by atoms with Crippen molar-refractivity contribution in [2.75, 3.05) is 33.9 Å². The molecule has 1 saturated heterocycles. The zero-order valence-corrected chi connectivity index (χ0v) is 12.6. The van der Waals surface area contributed by atoms with Crippen LogP contribution in [0.3, 0.4) is 0 Å². The van der Waals surface area contributed by atoms with E-state index in [0.717, 1.165) is 31.6 Å². The van der Waals surface area contributed by atoms with E-state index in [1.54, 1.807) is 14.2 Å². The zero-order valence-electron chi connectivity index (χ0n) is 12.6. The Hall–Kier alpha value is -0.940. The Kier molecular flexibility index (Phi) is 5.54. The van der Waals surface area contributed by atoms with Crippen LogP contribution < -0.4 is 0 Å². The van der Waals surface area contributed by atoms with Gasteiger partial charge in [-0.3, -0.25) is 4.90 Å². The first-order valence-corrected chi connectivity index (χ1v) is 7.16. The van der Waals surface area contributed by atoms with Crippen LogP contribution in [0, 0.1) is 6.92 Å².